The largest absolute Gasteiger partial charge is 0.334 e. The number of urea groups is 1. The van der Waals surface area contributed by atoms with E-state index < -0.39 is 0 Å². The molecular weight excluding hydrogens is 354 g/mol. The van der Waals surface area contributed by atoms with Crippen LogP contribution in [-0.4, -0.2) is 47.3 Å². The Morgan fingerprint density at radius 2 is 1.75 bits per heavy atom. The molecule has 0 radical (unpaired) electrons. The first-order chi connectivity index (χ1) is 13.6. The van der Waals surface area contributed by atoms with E-state index in [1.807, 2.05) is 23.1 Å². The topological polar surface area (TPSA) is 69.7 Å². The minimum atomic E-state index is -0.376. The number of nitrogens with zero attached hydrogens (tertiary/aromatic N) is 2. The molecule has 2 heterocycles. The number of hydrogen-bond donors (Lipinski definition) is 1. The molecule has 0 saturated carbocycles. The smallest absolute Gasteiger partial charge is 0.324 e. The number of hydrogen-bond acceptors (Lipinski definition) is 3. The molecule has 0 spiro atoms. The maximum atomic E-state index is 12.9. The fourth-order valence-electron chi connectivity index (χ4n) is 3.51. The lowest BCUT2D eigenvalue weighted by molar-refractivity contribution is -0.125. The van der Waals surface area contributed by atoms with Crippen molar-refractivity contribution >= 4 is 23.4 Å². The first-order valence-electron chi connectivity index (χ1n) is 9.33. The van der Waals surface area contributed by atoms with Gasteiger partial charge in [0.05, 0.1) is 13.1 Å². The number of carbonyl (C=O) groups excluding carboxylic acids is 3. The van der Waals surface area contributed by atoms with E-state index >= 15 is 0 Å². The summed E-state index contributed by atoms with van der Waals surface area (Å²) in [6, 6.07) is 16.8. The predicted octanol–water partition coefficient (Wildman–Crippen LogP) is 2.67. The van der Waals surface area contributed by atoms with Crippen LogP contribution in [0.2, 0.25) is 0 Å². The Kier molecular flexibility index (Phi) is 4.93. The Hall–Kier alpha value is -3.41. The highest BCUT2D eigenvalue weighted by atomic mass is 16.2. The van der Waals surface area contributed by atoms with Crippen LogP contribution in [0.4, 0.5) is 4.79 Å². The number of nitrogens with one attached hydrogen (secondary N) is 1. The highest BCUT2D eigenvalue weighted by Crippen LogP contribution is 2.22. The van der Waals surface area contributed by atoms with E-state index in [1.165, 1.54) is 4.90 Å². The van der Waals surface area contributed by atoms with Crippen molar-refractivity contribution in [3.05, 3.63) is 77.4 Å². The third kappa shape index (κ3) is 3.67. The Bertz CT molecular complexity index is 919. The van der Waals surface area contributed by atoms with E-state index in [-0.39, 0.29) is 30.9 Å². The predicted molar refractivity (Wildman–Crippen MR) is 105 cm³/mol. The Morgan fingerprint density at radius 1 is 1.00 bits per heavy atom. The van der Waals surface area contributed by atoms with E-state index in [9.17, 15) is 14.4 Å². The SMILES string of the molecule is O=C(c1ccc(CN2C(=O)CNC2=O)cc1)N1CCC=C(c2ccccc2)C1. The van der Waals surface area contributed by atoms with Crippen molar-refractivity contribution in [2.24, 2.45) is 0 Å². The summed E-state index contributed by atoms with van der Waals surface area (Å²) in [5.41, 5.74) is 3.72. The zero-order chi connectivity index (χ0) is 19.5. The molecule has 28 heavy (non-hydrogen) atoms. The molecule has 6 heteroatoms. The van der Waals surface area contributed by atoms with E-state index in [0.717, 1.165) is 23.1 Å². The average molecular weight is 375 g/mol. The van der Waals surface area contributed by atoms with Gasteiger partial charge in [0.25, 0.3) is 5.91 Å². The molecule has 2 aliphatic rings. The van der Waals surface area contributed by atoms with Gasteiger partial charge in [0.2, 0.25) is 5.91 Å². The zero-order valence-electron chi connectivity index (χ0n) is 15.4. The monoisotopic (exact) mass is 375 g/mol. The average Bonchev–Trinajstić information content (AvgIpc) is 3.06. The summed E-state index contributed by atoms with van der Waals surface area (Å²) in [7, 11) is 0. The highest BCUT2D eigenvalue weighted by Gasteiger charge is 2.28. The summed E-state index contributed by atoms with van der Waals surface area (Å²) in [5, 5.41) is 2.50. The molecule has 0 aliphatic carbocycles. The molecule has 1 N–H and O–H groups in total. The molecule has 0 unspecified atom stereocenters. The molecule has 0 atom stereocenters. The fourth-order valence-corrected chi connectivity index (χ4v) is 3.51. The van der Waals surface area contributed by atoms with Crippen molar-refractivity contribution in [3.8, 4) is 0 Å². The van der Waals surface area contributed by atoms with Crippen LogP contribution in [0.3, 0.4) is 0 Å². The molecule has 4 rings (SSSR count). The quantitative estimate of drug-likeness (QED) is 0.836. The van der Waals surface area contributed by atoms with Crippen molar-refractivity contribution in [3.63, 3.8) is 0 Å². The van der Waals surface area contributed by atoms with E-state index in [4.69, 9.17) is 0 Å². The minimum absolute atomic E-state index is 0.0110. The second-order valence-corrected chi connectivity index (χ2v) is 6.95. The lowest BCUT2D eigenvalue weighted by atomic mass is 10.0. The van der Waals surface area contributed by atoms with Crippen molar-refractivity contribution < 1.29 is 14.4 Å². The first-order valence-corrected chi connectivity index (χ1v) is 9.33. The molecular formula is C22H21N3O3. The molecule has 142 valence electrons. The third-order valence-electron chi connectivity index (χ3n) is 5.06. The van der Waals surface area contributed by atoms with Crippen LogP contribution in [0, 0.1) is 0 Å². The van der Waals surface area contributed by atoms with Crippen molar-refractivity contribution in [2.45, 2.75) is 13.0 Å². The van der Waals surface area contributed by atoms with Gasteiger partial charge in [0.1, 0.15) is 0 Å². The summed E-state index contributed by atoms with van der Waals surface area (Å²) < 4.78 is 0. The molecule has 2 aliphatic heterocycles. The molecule has 0 aromatic heterocycles. The van der Waals surface area contributed by atoms with Crippen LogP contribution in [0.5, 0.6) is 0 Å². The van der Waals surface area contributed by atoms with E-state index in [2.05, 4.69) is 23.5 Å². The summed E-state index contributed by atoms with van der Waals surface area (Å²) in [5.74, 6) is -0.248. The number of imide groups is 1. The summed E-state index contributed by atoms with van der Waals surface area (Å²) in [4.78, 5) is 39.3. The number of rotatable bonds is 4. The molecule has 1 fully saturated rings. The van der Waals surface area contributed by atoms with Crippen LogP contribution in [0.25, 0.3) is 5.57 Å². The van der Waals surface area contributed by atoms with Gasteiger partial charge in [-0.05, 0) is 35.3 Å². The summed E-state index contributed by atoms with van der Waals surface area (Å²) in [6.45, 7) is 1.54. The normalized spacial score (nSPS) is 16.8. The van der Waals surface area contributed by atoms with Gasteiger partial charge in [0, 0.05) is 18.7 Å². The molecule has 0 bridgehead atoms. The first kappa shape index (κ1) is 18.0. The number of carbonyl (C=O) groups is 3. The van der Waals surface area contributed by atoms with Crippen molar-refractivity contribution in [1.29, 1.82) is 0 Å². The summed E-state index contributed by atoms with van der Waals surface area (Å²) >= 11 is 0. The lowest BCUT2D eigenvalue weighted by Crippen LogP contribution is -2.35. The van der Waals surface area contributed by atoms with Gasteiger partial charge in [-0.3, -0.25) is 14.5 Å². The maximum Gasteiger partial charge on any atom is 0.324 e. The zero-order valence-corrected chi connectivity index (χ0v) is 15.4. The van der Waals surface area contributed by atoms with Gasteiger partial charge in [-0.2, -0.15) is 0 Å². The van der Waals surface area contributed by atoms with Gasteiger partial charge >= 0.3 is 6.03 Å². The summed E-state index contributed by atoms with van der Waals surface area (Å²) in [6.07, 6.45) is 3.03. The minimum Gasteiger partial charge on any atom is -0.334 e. The van der Waals surface area contributed by atoms with Crippen LogP contribution >= 0.6 is 0 Å². The van der Waals surface area contributed by atoms with Gasteiger partial charge in [0.15, 0.2) is 0 Å². The van der Waals surface area contributed by atoms with Gasteiger partial charge in [-0.15, -0.1) is 0 Å². The van der Waals surface area contributed by atoms with Crippen LogP contribution in [0.1, 0.15) is 27.9 Å². The van der Waals surface area contributed by atoms with Crippen molar-refractivity contribution in [1.82, 2.24) is 15.1 Å². The number of amides is 4. The molecule has 6 nitrogen and oxygen atoms in total. The van der Waals surface area contributed by atoms with Gasteiger partial charge < -0.3 is 10.2 Å². The molecule has 2 aromatic rings. The van der Waals surface area contributed by atoms with Gasteiger partial charge in [-0.1, -0.05) is 48.5 Å². The van der Waals surface area contributed by atoms with Crippen molar-refractivity contribution in [2.75, 3.05) is 19.6 Å². The van der Waals surface area contributed by atoms with E-state index in [0.29, 0.717) is 18.7 Å². The molecule has 1 saturated heterocycles. The lowest BCUT2D eigenvalue weighted by Gasteiger charge is -2.28. The third-order valence-corrected chi connectivity index (χ3v) is 5.06. The maximum absolute atomic E-state index is 12.9. The second kappa shape index (κ2) is 7.68. The Morgan fingerprint density at radius 3 is 2.43 bits per heavy atom. The van der Waals surface area contributed by atoms with Crippen LogP contribution in [0.15, 0.2) is 60.7 Å². The van der Waals surface area contributed by atoms with E-state index in [1.54, 1.807) is 24.3 Å². The molecule has 4 amide bonds. The van der Waals surface area contributed by atoms with Gasteiger partial charge in [-0.25, -0.2) is 4.79 Å². The Balaban J connectivity index is 1.43. The highest BCUT2D eigenvalue weighted by molar-refractivity contribution is 6.01. The standard InChI is InChI=1S/C22H21N3O3/c26-20-13-23-22(28)25(20)14-16-8-10-18(11-9-16)21(27)24-12-4-7-19(15-24)17-5-2-1-3-6-17/h1-3,5-11H,4,12-15H2,(H,23,28). The second-order valence-electron chi connectivity index (χ2n) is 6.95. The van der Waals surface area contributed by atoms with Crippen LogP contribution in [-0.2, 0) is 11.3 Å². The molecule has 2 aromatic carbocycles. The van der Waals surface area contributed by atoms with Crippen LogP contribution < -0.4 is 5.32 Å². The number of benzene rings is 2. The fraction of sp³-hybridized carbons (Fsp3) is 0.227. The Labute approximate surface area is 163 Å².